The van der Waals surface area contributed by atoms with Gasteiger partial charge in [0.2, 0.25) is 11.8 Å². The molecule has 0 saturated carbocycles. The minimum atomic E-state index is 0.627. The lowest BCUT2D eigenvalue weighted by atomic mass is 10.0. The Kier molecular flexibility index (Phi) is 4.70. The van der Waals surface area contributed by atoms with Crippen molar-refractivity contribution in [2.75, 3.05) is 0 Å². The largest absolute Gasteiger partial charge is 0.441 e. The second-order valence-corrected chi connectivity index (χ2v) is 6.83. The average Bonchev–Trinajstić information content (AvgIpc) is 3.31. The van der Waals surface area contributed by atoms with Gasteiger partial charge in [0.15, 0.2) is 0 Å². The monoisotopic (exact) mass is 370 g/mol. The van der Waals surface area contributed by atoms with Crippen LogP contribution in [0.4, 0.5) is 0 Å². The lowest BCUT2D eigenvalue weighted by molar-refractivity contribution is 0.541. The van der Waals surface area contributed by atoms with Gasteiger partial charge < -0.3 is 8.83 Å². The number of benzene rings is 2. The number of hydrogen-bond donors (Lipinski definition) is 0. The Bertz CT molecular complexity index is 1040. The molecule has 0 radical (unpaired) electrons. The van der Waals surface area contributed by atoms with Crippen LogP contribution in [0.1, 0.15) is 36.8 Å². The van der Waals surface area contributed by atoms with Crippen molar-refractivity contribution in [3.63, 3.8) is 0 Å². The fourth-order valence-electron chi connectivity index (χ4n) is 3.25. The molecule has 4 rings (SSSR count). The normalized spacial score (nSPS) is 12.1. The molecule has 0 unspecified atom stereocenters. The number of rotatable bonds is 4. The highest BCUT2D eigenvalue weighted by Crippen LogP contribution is 2.33. The van der Waals surface area contributed by atoms with E-state index in [9.17, 15) is 0 Å². The Morgan fingerprint density at radius 3 is 1.32 bits per heavy atom. The Morgan fingerprint density at radius 1 is 0.607 bits per heavy atom. The summed E-state index contributed by atoms with van der Waals surface area (Å²) in [7, 11) is 0. The van der Waals surface area contributed by atoms with Gasteiger partial charge in [-0.3, -0.25) is 0 Å². The van der Waals surface area contributed by atoms with Gasteiger partial charge in [-0.2, -0.15) is 0 Å². The Labute approximate surface area is 164 Å². The molecule has 4 nitrogen and oxygen atoms in total. The van der Waals surface area contributed by atoms with E-state index in [1.165, 1.54) is 0 Å². The summed E-state index contributed by atoms with van der Waals surface area (Å²) in [5.41, 5.74) is 5.68. The summed E-state index contributed by atoms with van der Waals surface area (Å²) in [6.45, 7) is 7.98. The molecule has 4 heteroatoms. The van der Waals surface area contributed by atoms with Crippen LogP contribution in [0.2, 0.25) is 0 Å². The molecule has 0 aliphatic carbocycles. The maximum atomic E-state index is 5.92. The van der Waals surface area contributed by atoms with E-state index in [-0.39, 0.29) is 0 Å². The first-order chi connectivity index (χ1) is 13.5. The van der Waals surface area contributed by atoms with Crippen LogP contribution in [0.25, 0.3) is 34.1 Å². The van der Waals surface area contributed by atoms with E-state index in [0.717, 1.165) is 45.2 Å². The Morgan fingerprint density at radius 2 is 0.964 bits per heavy atom. The lowest BCUT2D eigenvalue weighted by Crippen LogP contribution is -1.91. The van der Waals surface area contributed by atoms with E-state index in [1.807, 2.05) is 88.4 Å². The van der Waals surface area contributed by atoms with Crippen molar-refractivity contribution in [1.82, 2.24) is 9.97 Å². The summed E-state index contributed by atoms with van der Waals surface area (Å²) in [6.07, 6.45) is 0. The van der Waals surface area contributed by atoms with Crippen LogP contribution in [0.3, 0.4) is 0 Å². The molecule has 0 atom stereocenters. The van der Waals surface area contributed by atoms with Crippen molar-refractivity contribution < 1.29 is 8.83 Å². The first-order valence-corrected chi connectivity index (χ1v) is 9.28. The van der Waals surface area contributed by atoms with Crippen molar-refractivity contribution in [3.05, 3.63) is 83.6 Å². The zero-order chi connectivity index (χ0) is 19.7. The molecule has 0 fully saturated rings. The van der Waals surface area contributed by atoms with Gasteiger partial charge in [-0.05, 0) is 63.1 Å². The second kappa shape index (κ2) is 7.31. The zero-order valence-corrected chi connectivity index (χ0v) is 16.5. The molecule has 140 valence electrons. The molecular formula is C24H22N2O2. The molecule has 28 heavy (non-hydrogen) atoms. The number of oxazole rings is 2. The van der Waals surface area contributed by atoms with E-state index >= 15 is 0 Å². The lowest BCUT2D eigenvalue weighted by Gasteiger charge is -2.04. The maximum absolute atomic E-state index is 5.92. The molecule has 4 aromatic rings. The van der Waals surface area contributed by atoms with Crippen LogP contribution in [-0.4, -0.2) is 9.97 Å². The SMILES string of the molecule is C/C(=C(/C)c1nc(-c2ccccc2)oc1C)c1nc(-c2ccccc2)oc1C. The molecular weight excluding hydrogens is 348 g/mol. The predicted molar refractivity (Wildman–Crippen MR) is 112 cm³/mol. The van der Waals surface area contributed by atoms with E-state index in [0.29, 0.717) is 11.8 Å². The summed E-state index contributed by atoms with van der Waals surface area (Å²) in [5, 5.41) is 0. The number of aryl methyl sites for hydroxylation is 2. The summed E-state index contributed by atoms with van der Waals surface area (Å²) < 4.78 is 11.8. The van der Waals surface area contributed by atoms with Crippen molar-refractivity contribution >= 4 is 11.1 Å². The van der Waals surface area contributed by atoms with Crippen LogP contribution in [-0.2, 0) is 0 Å². The fourth-order valence-corrected chi connectivity index (χ4v) is 3.25. The summed E-state index contributed by atoms with van der Waals surface area (Å²) in [4.78, 5) is 9.48. The highest BCUT2D eigenvalue weighted by Gasteiger charge is 2.19. The second-order valence-electron chi connectivity index (χ2n) is 6.83. The Hall–Kier alpha value is -3.40. The summed E-state index contributed by atoms with van der Waals surface area (Å²) in [5.74, 6) is 2.84. The van der Waals surface area contributed by atoms with E-state index in [4.69, 9.17) is 18.8 Å². The van der Waals surface area contributed by atoms with Crippen molar-refractivity contribution in [3.8, 4) is 22.9 Å². The third-order valence-electron chi connectivity index (χ3n) is 4.91. The number of allylic oxidation sites excluding steroid dienone is 2. The van der Waals surface area contributed by atoms with Crippen LogP contribution >= 0.6 is 0 Å². The first kappa shape index (κ1) is 18.0. The molecule has 2 aromatic carbocycles. The van der Waals surface area contributed by atoms with Crippen molar-refractivity contribution in [2.24, 2.45) is 0 Å². The van der Waals surface area contributed by atoms with Gasteiger partial charge in [-0.1, -0.05) is 36.4 Å². The minimum Gasteiger partial charge on any atom is -0.441 e. The topological polar surface area (TPSA) is 52.1 Å². The van der Waals surface area contributed by atoms with Crippen LogP contribution in [0.15, 0.2) is 69.5 Å². The van der Waals surface area contributed by atoms with Crippen LogP contribution < -0.4 is 0 Å². The molecule has 0 aliphatic heterocycles. The summed E-state index contributed by atoms with van der Waals surface area (Å²) >= 11 is 0. The number of nitrogens with zero attached hydrogens (tertiary/aromatic N) is 2. The van der Waals surface area contributed by atoms with Gasteiger partial charge in [-0.25, -0.2) is 9.97 Å². The van der Waals surface area contributed by atoms with Crippen LogP contribution in [0.5, 0.6) is 0 Å². The molecule has 0 spiro atoms. The van der Waals surface area contributed by atoms with Crippen molar-refractivity contribution in [1.29, 1.82) is 0 Å². The molecule has 0 amide bonds. The Balaban J connectivity index is 1.74. The highest BCUT2D eigenvalue weighted by atomic mass is 16.4. The van der Waals surface area contributed by atoms with Gasteiger partial charge in [0, 0.05) is 11.1 Å². The average molecular weight is 370 g/mol. The third kappa shape index (κ3) is 3.29. The molecule has 0 bridgehead atoms. The molecule has 2 aromatic heterocycles. The van der Waals surface area contributed by atoms with Gasteiger partial charge in [0.05, 0.1) is 0 Å². The molecule has 2 heterocycles. The number of hydrogen-bond acceptors (Lipinski definition) is 4. The highest BCUT2D eigenvalue weighted by molar-refractivity contribution is 5.88. The van der Waals surface area contributed by atoms with Crippen molar-refractivity contribution in [2.45, 2.75) is 27.7 Å². The van der Waals surface area contributed by atoms with Gasteiger partial charge in [0.1, 0.15) is 22.9 Å². The van der Waals surface area contributed by atoms with E-state index in [1.54, 1.807) is 0 Å². The van der Waals surface area contributed by atoms with Gasteiger partial charge in [-0.15, -0.1) is 0 Å². The summed E-state index contributed by atoms with van der Waals surface area (Å²) in [6, 6.07) is 19.9. The molecule has 0 aliphatic rings. The van der Waals surface area contributed by atoms with E-state index < -0.39 is 0 Å². The fraction of sp³-hybridized carbons (Fsp3) is 0.167. The van der Waals surface area contributed by atoms with Gasteiger partial charge in [0.25, 0.3) is 0 Å². The van der Waals surface area contributed by atoms with Gasteiger partial charge >= 0.3 is 0 Å². The molecule has 0 N–H and O–H groups in total. The quantitative estimate of drug-likeness (QED) is 0.408. The molecule has 0 saturated heterocycles. The third-order valence-corrected chi connectivity index (χ3v) is 4.91. The number of aromatic nitrogens is 2. The van der Waals surface area contributed by atoms with E-state index in [2.05, 4.69) is 0 Å². The first-order valence-electron chi connectivity index (χ1n) is 9.28. The zero-order valence-electron chi connectivity index (χ0n) is 16.5. The minimum absolute atomic E-state index is 0.627. The predicted octanol–water partition coefficient (Wildman–Crippen LogP) is 6.56. The smallest absolute Gasteiger partial charge is 0.226 e. The standard InChI is InChI=1S/C24H22N2O2/c1-15(21-17(3)27-23(25-21)19-11-7-5-8-12-19)16(2)22-18(4)28-24(26-22)20-13-9-6-10-14-20/h5-14H,1-4H3/b16-15+. The van der Waals surface area contributed by atoms with Crippen LogP contribution in [0, 0.1) is 13.8 Å². The maximum Gasteiger partial charge on any atom is 0.226 e.